The first-order valence-electron chi connectivity index (χ1n) is 6.52. The van der Waals surface area contributed by atoms with Crippen molar-refractivity contribution < 1.29 is 9.53 Å². The highest BCUT2D eigenvalue weighted by atomic mass is 16.5. The number of piperidine rings is 1. The molecule has 3 heteroatoms. The fourth-order valence-electron chi connectivity index (χ4n) is 3.41. The molecule has 1 saturated heterocycles. The van der Waals surface area contributed by atoms with Gasteiger partial charge < -0.3 is 10.1 Å². The van der Waals surface area contributed by atoms with Crippen LogP contribution < -0.4 is 5.32 Å². The van der Waals surface area contributed by atoms with E-state index in [1.165, 1.54) is 52.3 Å². The molecule has 0 bridgehead atoms. The van der Waals surface area contributed by atoms with Gasteiger partial charge in [-0.05, 0) is 62.9 Å². The quantitative estimate of drug-likeness (QED) is 0.748. The fraction of sp³-hybridized carbons (Fsp3) is 0.923. The van der Waals surface area contributed by atoms with E-state index in [1.807, 2.05) is 0 Å². The van der Waals surface area contributed by atoms with E-state index in [-0.39, 0.29) is 5.97 Å². The number of hydrogen-bond acceptors (Lipinski definition) is 3. The predicted molar refractivity (Wildman–Crippen MR) is 63.1 cm³/mol. The lowest BCUT2D eigenvalue weighted by molar-refractivity contribution is -0.140. The van der Waals surface area contributed by atoms with Gasteiger partial charge in [-0.2, -0.15) is 0 Å². The van der Waals surface area contributed by atoms with Crippen molar-refractivity contribution in [2.24, 2.45) is 11.3 Å². The lowest BCUT2D eigenvalue weighted by atomic mass is 9.76. The van der Waals surface area contributed by atoms with E-state index in [0.717, 1.165) is 12.3 Å². The van der Waals surface area contributed by atoms with Crippen molar-refractivity contribution in [3.63, 3.8) is 0 Å². The van der Waals surface area contributed by atoms with Gasteiger partial charge in [-0.1, -0.05) is 0 Å². The molecule has 1 N–H and O–H groups in total. The maximum Gasteiger partial charge on any atom is 0.305 e. The van der Waals surface area contributed by atoms with Crippen molar-refractivity contribution in [1.29, 1.82) is 0 Å². The summed E-state index contributed by atoms with van der Waals surface area (Å²) in [5, 5.41) is 3.44. The molecule has 16 heavy (non-hydrogen) atoms. The van der Waals surface area contributed by atoms with E-state index in [9.17, 15) is 4.79 Å². The van der Waals surface area contributed by atoms with Gasteiger partial charge >= 0.3 is 5.97 Å². The van der Waals surface area contributed by atoms with Gasteiger partial charge in [-0.25, -0.2) is 0 Å². The van der Waals surface area contributed by atoms with Crippen molar-refractivity contribution >= 4 is 5.97 Å². The average molecular weight is 225 g/mol. The van der Waals surface area contributed by atoms with E-state index < -0.39 is 0 Å². The van der Waals surface area contributed by atoms with Crippen molar-refractivity contribution in [3.8, 4) is 0 Å². The van der Waals surface area contributed by atoms with Gasteiger partial charge in [-0.15, -0.1) is 0 Å². The molecule has 1 aliphatic heterocycles. The Kier molecular flexibility index (Phi) is 3.85. The van der Waals surface area contributed by atoms with Gasteiger partial charge in [0.2, 0.25) is 0 Å². The monoisotopic (exact) mass is 225 g/mol. The molecular formula is C13H23NO2. The third kappa shape index (κ3) is 2.76. The number of esters is 1. The maximum atomic E-state index is 11.1. The average Bonchev–Trinajstić information content (AvgIpc) is 2.70. The third-order valence-electron chi connectivity index (χ3n) is 4.45. The molecule has 3 nitrogen and oxygen atoms in total. The zero-order valence-corrected chi connectivity index (χ0v) is 10.3. The molecule has 92 valence electrons. The van der Waals surface area contributed by atoms with Crippen molar-refractivity contribution in [1.82, 2.24) is 5.32 Å². The Morgan fingerprint density at radius 2 is 2.12 bits per heavy atom. The van der Waals surface area contributed by atoms with E-state index in [0.29, 0.717) is 11.8 Å². The smallest absolute Gasteiger partial charge is 0.305 e. The van der Waals surface area contributed by atoms with Crippen LogP contribution in [0.3, 0.4) is 0 Å². The molecule has 2 fully saturated rings. The van der Waals surface area contributed by atoms with Crippen LogP contribution in [0, 0.1) is 11.3 Å². The lowest BCUT2D eigenvalue weighted by Gasteiger charge is -2.34. The number of hydrogen-bond donors (Lipinski definition) is 1. The molecule has 2 rings (SSSR count). The molecule has 1 spiro atoms. The Hall–Kier alpha value is -0.570. The van der Waals surface area contributed by atoms with Gasteiger partial charge in [0, 0.05) is 6.42 Å². The Labute approximate surface area is 97.9 Å². The van der Waals surface area contributed by atoms with Crippen molar-refractivity contribution in [2.75, 3.05) is 20.2 Å². The highest BCUT2D eigenvalue weighted by molar-refractivity contribution is 5.69. The maximum absolute atomic E-state index is 11.1. The SMILES string of the molecule is COC(=O)CCC1CCC2(CCNCC2)C1. The minimum Gasteiger partial charge on any atom is -0.469 e. The summed E-state index contributed by atoms with van der Waals surface area (Å²) in [4.78, 5) is 11.1. The minimum absolute atomic E-state index is 0.0498. The van der Waals surface area contributed by atoms with Crippen LogP contribution in [-0.2, 0) is 9.53 Å². The van der Waals surface area contributed by atoms with Crippen LogP contribution in [0.1, 0.15) is 44.9 Å². The number of ether oxygens (including phenoxy) is 1. The Morgan fingerprint density at radius 3 is 2.81 bits per heavy atom. The minimum atomic E-state index is -0.0498. The van der Waals surface area contributed by atoms with Crippen LogP contribution in [0.25, 0.3) is 0 Å². The number of nitrogens with one attached hydrogen (secondary N) is 1. The molecule has 0 aromatic heterocycles. The molecule has 1 heterocycles. The lowest BCUT2D eigenvalue weighted by Crippen LogP contribution is -2.35. The van der Waals surface area contributed by atoms with Gasteiger partial charge in [0.1, 0.15) is 0 Å². The first-order valence-corrected chi connectivity index (χ1v) is 6.52. The highest BCUT2D eigenvalue weighted by Crippen LogP contribution is 2.48. The molecule has 2 aliphatic rings. The molecule has 0 aromatic carbocycles. The standard InChI is InChI=1S/C13H23NO2/c1-16-12(15)3-2-11-4-5-13(10-11)6-8-14-9-7-13/h11,14H,2-10H2,1H3. The number of carbonyl (C=O) groups excluding carboxylic acids is 1. The second kappa shape index (κ2) is 5.17. The molecule has 1 unspecified atom stereocenters. The molecule has 1 saturated carbocycles. The van der Waals surface area contributed by atoms with E-state index in [2.05, 4.69) is 5.32 Å². The summed E-state index contributed by atoms with van der Waals surface area (Å²) in [6.07, 6.45) is 8.34. The Morgan fingerprint density at radius 1 is 1.38 bits per heavy atom. The van der Waals surface area contributed by atoms with E-state index >= 15 is 0 Å². The van der Waals surface area contributed by atoms with Crippen molar-refractivity contribution in [2.45, 2.75) is 44.9 Å². The first kappa shape index (κ1) is 11.9. The van der Waals surface area contributed by atoms with Crippen LogP contribution in [0.4, 0.5) is 0 Å². The third-order valence-corrected chi connectivity index (χ3v) is 4.45. The zero-order chi connectivity index (χ0) is 11.4. The van der Waals surface area contributed by atoms with Crippen molar-refractivity contribution in [3.05, 3.63) is 0 Å². The van der Waals surface area contributed by atoms with Gasteiger partial charge in [0.25, 0.3) is 0 Å². The first-order chi connectivity index (χ1) is 7.74. The highest BCUT2D eigenvalue weighted by Gasteiger charge is 2.39. The topological polar surface area (TPSA) is 38.3 Å². The summed E-state index contributed by atoms with van der Waals surface area (Å²) in [6.45, 7) is 2.37. The van der Waals surface area contributed by atoms with E-state index in [1.54, 1.807) is 0 Å². The second-order valence-corrected chi connectivity index (χ2v) is 5.47. The molecular weight excluding hydrogens is 202 g/mol. The summed E-state index contributed by atoms with van der Waals surface area (Å²) in [7, 11) is 1.48. The van der Waals surface area contributed by atoms with Gasteiger partial charge in [-0.3, -0.25) is 4.79 Å². The number of carbonyl (C=O) groups is 1. The molecule has 0 radical (unpaired) electrons. The molecule has 1 atom stereocenters. The second-order valence-electron chi connectivity index (χ2n) is 5.47. The Balaban J connectivity index is 1.76. The number of rotatable bonds is 3. The summed E-state index contributed by atoms with van der Waals surface area (Å²) < 4.78 is 4.70. The molecule has 0 aromatic rings. The van der Waals surface area contributed by atoms with Crippen LogP contribution >= 0.6 is 0 Å². The summed E-state index contributed by atoms with van der Waals surface area (Å²) in [5.41, 5.74) is 0.617. The van der Waals surface area contributed by atoms with Crippen LogP contribution in [-0.4, -0.2) is 26.2 Å². The summed E-state index contributed by atoms with van der Waals surface area (Å²) in [5.74, 6) is 0.712. The largest absolute Gasteiger partial charge is 0.469 e. The van der Waals surface area contributed by atoms with Crippen LogP contribution in [0.2, 0.25) is 0 Å². The predicted octanol–water partition coefficient (Wildman–Crippen LogP) is 2.11. The Bertz CT molecular complexity index is 246. The summed E-state index contributed by atoms with van der Waals surface area (Å²) in [6, 6.07) is 0. The normalized spacial score (nSPS) is 28.2. The van der Waals surface area contributed by atoms with Gasteiger partial charge in [0.15, 0.2) is 0 Å². The number of methoxy groups -OCH3 is 1. The van der Waals surface area contributed by atoms with Gasteiger partial charge in [0.05, 0.1) is 7.11 Å². The molecule has 1 aliphatic carbocycles. The fourth-order valence-corrected chi connectivity index (χ4v) is 3.41. The zero-order valence-electron chi connectivity index (χ0n) is 10.3. The van der Waals surface area contributed by atoms with E-state index in [4.69, 9.17) is 4.74 Å². The van der Waals surface area contributed by atoms with Crippen LogP contribution in [0.5, 0.6) is 0 Å². The molecule has 0 amide bonds. The summed E-state index contributed by atoms with van der Waals surface area (Å²) >= 11 is 0. The van der Waals surface area contributed by atoms with Crippen LogP contribution in [0.15, 0.2) is 0 Å².